The van der Waals surface area contributed by atoms with Crippen LogP contribution in [0.25, 0.3) is 0 Å². The largest absolute Gasteiger partial charge is 0.443 e. The van der Waals surface area contributed by atoms with Crippen LogP contribution in [-0.4, -0.2) is 44.6 Å². The van der Waals surface area contributed by atoms with Crippen molar-refractivity contribution in [1.82, 2.24) is 4.90 Å². The number of alkyl halides is 2. The van der Waals surface area contributed by atoms with Crippen LogP contribution in [-0.2, 0) is 15.0 Å². The molecule has 1 aliphatic carbocycles. The second kappa shape index (κ2) is 8.18. The van der Waals surface area contributed by atoms with Crippen LogP contribution in [0.4, 0.5) is 22.8 Å². The zero-order chi connectivity index (χ0) is 25.1. The van der Waals surface area contributed by atoms with Crippen LogP contribution in [0.5, 0.6) is 0 Å². The first-order chi connectivity index (χ1) is 14.9. The Morgan fingerprint density at radius 1 is 1.09 bits per heavy atom. The van der Waals surface area contributed by atoms with Gasteiger partial charge in [0.1, 0.15) is 17.0 Å². The van der Waals surface area contributed by atoms with Gasteiger partial charge in [-0.2, -0.15) is 4.90 Å². The van der Waals surface area contributed by atoms with Crippen LogP contribution in [0.2, 0.25) is 0 Å². The molecule has 0 unspecified atom stereocenters. The van der Waals surface area contributed by atoms with Crippen molar-refractivity contribution in [2.75, 3.05) is 0 Å². The van der Waals surface area contributed by atoms with Crippen molar-refractivity contribution in [2.45, 2.75) is 76.4 Å². The van der Waals surface area contributed by atoms with Gasteiger partial charge in [0.25, 0.3) is 5.92 Å². The fourth-order valence-electron chi connectivity index (χ4n) is 3.58. The van der Waals surface area contributed by atoms with Crippen molar-refractivity contribution >= 4 is 45.0 Å². The van der Waals surface area contributed by atoms with Crippen molar-refractivity contribution in [3.8, 4) is 0 Å². The normalized spacial score (nSPS) is 26.1. The highest BCUT2D eigenvalue weighted by Gasteiger charge is 2.78. The monoisotopic (exact) mass is 550 g/mol. The van der Waals surface area contributed by atoms with Gasteiger partial charge in [0.15, 0.2) is 5.17 Å². The first-order valence-corrected chi connectivity index (χ1v) is 11.9. The van der Waals surface area contributed by atoms with Crippen LogP contribution in [0.3, 0.4) is 0 Å². The lowest BCUT2D eigenvalue weighted by Crippen LogP contribution is -2.48. The summed E-state index contributed by atoms with van der Waals surface area (Å²) in [6, 6.07) is 3.97. The van der Waals surface area contributed by atoms with Gasteiger partial charge < -0.3 is 9.47 Å². The molecule has 0 radical (unpaired) electrons. The molecule has 0 bridgehead atoms. The highest BCUT2D eigenvalue weighted by Crippen LogP contribution is 2.67. The van der Waals surface area contributed by atoms with E-state index in [1.54, 1.807) is 41.5 Å². The minimum atomic E-state index is -3.19. The highest BCUT2D eigenvalue weighted by atomic mass is 79.9. The Labute approximate surface area is 203 Å². The van der Waals surface area contributed by atoms with Gasteiger partial charge >= 0.3 is 12.2 Å². The lowest BCUT2D eigenvalue weighted by atomic mass is 9.87. The number of rotatable bonds is 1. The number of amides is 2. The van der Waals surface area contributed by atoms with Crippen LogP contribution in [0.15, 0.2) is 27.7 Å². The number of ether oxygens (including phenoxy) is 2. The molecule has 1 fully saturated rings. The molecule has 1 aromatic carbocycles. The fourth-order valence-corrected chi connectivity index (χ4v) is 5.48. The van der Waals surface area contributed by atoms with Crippen molar-refractivity contribution in [2.24, 2.45) is 10.9 Å². The molecule has 2 amide bonds. The molecule has 11 heteroatoms. The van der Waals surface area contributed by atoms with Gasteiger partial charge in [0.05, 0.1) is 16.7 Å². The van der Waals surface area contributed by atoms with Crippen LogP contribution in [0, 0.1) is 11.7 Å². The number of imide groups is 1. The summed E-state index contributed by atoms with van der Waals surface area (Å²) in [5, 5.41) is -1.64. The lowest BCUT2D eigenvalue weighted by molar-refractivity contribution is 0.0151. The molecule has 1 saturated carbocycles. The number of benzene rings is 1. The molecular weight excluding hydrogens is 525 g/mol. The Hall–Kier alpha value is -1.75. The smallest absolute Gasteiger partial charge is 0.426 e. The molecule has 1 aromatic rings. The number of carbonyl (C=O) groups is 2. The Morgan fingerprint density at radius 2 is 1.61 bits per heavy atom. The number of fused-ring (bicyclic) bond motifs is 1. The van der Waals surface area contributed by atoms with Crippen LogP contribution < -0.4 is 0 Å². The SMILES string of the molecule is CC(C)(C)OC(=O)N(C(=O)OC(C)(C)C)C1=N[C@](C)(c2cc(Br)ccc2F)[C@H]2[C@@H](S1)C2(F)F. The van der Waals surface area contributed by atoms with E-state index in [0.717, 1.165) is 6.07 Å². The van der Waals surface area contributed by atoms with Crippen molar-refractivity contribution in [3.63, 3.8) is 0 Å². The van der Waals surface area contributed by atoms with Gasteiger partial charge in [-0.15, -0.1) is 0 Å². The van der Waals surface area contributed by atoms with E-state index < -0.39 is 51.8 Å². The molecule has 0 N–H and O–H groups in total. The third-order valence-electron chi connectivity index (χ3n) is 4.97. The lowest BCUT2D eigenvalue weighted by Gasteiger charge is -2.34. The number of amidine groups is 1. The number of halogens is 4. The fraction of sp³-hybridized carbons (Fsp3) is 0.591. The molecule has 3 atom stereocenters. The standard InChI is InChI=1S/C22H26BrF3N2O4S/c1-19(2,3)31-17(29)28(18(30)32-20(4,5)6)16-27-21(7,14-15(33-16)22(14,25)26)12-10-11(23)8-9-13(12)24/h8-10,14-15H,1-7H3/t14-,15-,21-/m1/s1. The number of aliphatic imine (C=N–C) groups is 1. The summed E-state index contributed by atoms with van der Waals surface area (Å²) in [6.07, 6.45) is -2.25. The predicted octanol–water partition coefficient (Wildman–Crippen LogP) is 6.71. The number of hydrogen-bond donors (Lipinski definition) is 0. The van der Waals surface area contributed by atoms with Gasteiger partial charge in [0.2, 0.25) is 0 Å². The van der Waals surface area contributed by atoms with Crippen molar-refractivity contribution in [1.29, 1.82) is 0 Å². The maximum absolute atomic E-state index is 14.8. The quantitative estimate of drug-likeness (QED) is 0.388. The second-order valence-corrected chi connectivity index (χ2v) is 12.2. The Kier molecular flexibility index (Phi) is 6.41. The summed E-state index contributed by atoms with van der Waals surface area (Å²) < 4.78 is 55.6. The minimum absolute atomic E-state index is 0.0739. The number of thioether (sulfide) groups is 1. The van der Waals surface area contributed by atoms with Gasteiger partial charge in [-0.3, -0.25) is 0 Å². The van der Waals surface area contributed by atoms with Gasteiger partial charge in [-0.05, 0) is 66.7 Å². The van der Waals surface area contributed by atoms with Crippen molar-refractivity contribution in [3.05, 3.63) is 34.1 Å². The summed E-state index contributed by atoms with van der Waals surface area (Å²) in [5.74, 6) is -5.23. The Bertz CT molecular complexity index is 994. The van der Waals surface area contributed by atoms with E-state index in [1.165, 1.54) is 19.1 Å². The topological polar surface area (TPSA) is 68.2 Å². The minimum Gasteiger partial charge on any atom is -0.443 e. The third-order valence-corrected chi connectivity index (χ3v) is 6.79. The van der Waals surface area contributed by atoms with E-state index in [0.29, 0.717) is 21.1 Å². The molecule has 2 aliphatic rings. The number of carbonyl (C=O) groups excluding carboxylic acids is 2. The van der Waals surface area contributed by atoms with Gasteiger partial charge in [-0.1, -0.05) is 27.7 Å². The first-order valence-electron chi connectivity index (χ1n) is 10.2. The Balaban J connectivity index is 2.14. The molecule has 6 nitrogen and oxygen atoms in total. The molecule has 182 valence electrons. The summed E-state index contributed by atoms with van der Waals surface area (Å²) in [5.41, 5.74) is -3.79. The van der Waals surface area contributed by atoms with E-state index in [9.17, 15) is 22.8 Å². The molecule has 0 aromatic heterocycles. The predicted molar refractivity (Wildman–Crippen MR) is 123 cm³/mol. The zero-order valence-corrected chi connectivity index (χ0v) is 21.7. The number of hydrogen-bond acceptors (Lipinski definition) is 6. The summed E-state index contributed by atoms with van der Waals surface area (Å²) in [7, 11) is 0. The maximum atomic E-state index is 14.8. The van der Waals surface area contributed by atoms with Gasteiger partial charge in [0, 0.05) is 10.0 Å². The van der Waals surface area contributed by atoms with E-state index >= 15 is 0 Å². The molecule has 1 aliphatic heterocycles. The summed E-state index contributed by atoms with van der Waals surface area (Å²) >= 11 is 3.82. The maximum Gasteiger partial charge on any atom is 0.426 e. The third kappa shape index (κ3) is 5.18. The van der Waals surface area contributed by atoms with Crippen molar-refractivity contribution < 1.29 is 32.2 Å². The van der Waals surface area contributed by atoms with E-state index in [-0.39, 0.29) is 10.7 Å². The molecule has 3 rings (SSSR count). The molecular formula is C22H26BrF3N2O4S. The summed E-state index contributed by atoms with van der Waals surface area (Å²) in [6.45, 7) is 11.0. The number of nitrogens with zero attached hydrogens (tertiary/aromatic N) is 2. The first kappa shape index (κ1) is 25.9. The van der Waals surface area contributed by atoms with Gasteiger partial charge in [-0.25, -0.2) is 27.8 Å². The molecule has 1 heterocycles. The molecule has 0 saturated heterocycles. The van der Waals surface area contributed by atoms with E-state index in [2.05, 4.69) is 20.9 Å². The second-order valence-electron chi connectivity index (χ2n) is 10.2. The van der Waals surface area contributed by atoms with Crippen LogP contribution >= 0.6 is 27.7 Å². The average molecular weight is 551 g/mol. The zero-order valence-electron chi connectivity index (χ0n) is 19.3. The van der Waals surface area contributed by atoms with Crippen LogP contribution in [0.1, 0.15) is 54.0 Å². The molecule has 33 heavy (non-hydrogen) atoms. The highest BCUT2D eigenvalue weighted by molar-refractivity contribution is 9.10. The Morgan fingerprint density at radius 3 is 2.09 bits per heavy atom. The van der Waals surface area contributed by atoms with E-state index in [1.807, 2.05) is 0 Å². The van der Waals surface area contributed by atoms with E-state index in [4.69, 9.17) is 9.47 Å². The summed E-state index contributed by atoms with van der Waals surface area (Å²) in [4.78, 5) is 30.8. The average Bonchev–Trinajstić information content (AvgIpc) is 3.16. The molecule has 0 spiro atoms.